The van der Waals surface area contributed by atoms with Crippen molar-refractivity contribution in [1.29, 1.82) is 0 Å². The third-order valence-corrected chi connectivity index (χ3v) is 3.39. The number of ether oxygens (including phenoxy) is 1. The first kappa shape index (κ1) is 12.6. The molecule has 1 aliphatic rings. The van der Waals surface area contributed by atoms with Crippen molar-refractivity contribution in [2.75, 3.05) is 6.61 Å². The third-order valence-electron chi connectivity index (χ3n) is 3.39. The molecule has 1 fully saturated rings. The first-order valence-corrected chi connectivity index (χ1v) is 6.55. The number of nitrogens with one attached hydrogen (secondary N) is 1. The minimum atomic E-state index is 0.390. The molecule has 1 saturated heterocycles. The Hall–Kier alpha value is -0.870. The highest BCUT2D eigenvalue weighted by Gasteiger charge is 2.19. The van der Waals surface area contributed by atoms with Gasteiger partial charge < -0.3 is 10.1 Å². The monoisotopic (exact) mass is 237 g/mol. The molecule has 1 aliphatic heterocycles. The maximum absolute atomic E-state index is 5.55. The van der Waals surface area contributed by atoms with Crippen LogP contribution in [-0.4, -0.2) is 28.5 Å². The zero-order chi connectivity index (χ0) is 12.3. The third kappa shape index (κ3) is 3.30. The highest BCUT2D eigenvalue weighted by molar-refractivity contribution is 5.16. The Labute approximate surface area is 103 Å². The first-order valence-electron chi connectivity index (χ1n) is 6.55. The largest absolute Gasteiger partial charge is 0.378 e. The van der Waals surface area contributed by atoms with Crippen molar-refractivity contribution in [3.8, 4) is 0 Å². The van der Waals surface area contributed by atoms with Crippen LogP contribution in [0.1, 0.15) is 37.9 Å². The van der Waals surface area contributed by atoms with Gasteiger partial charge in [-0.05, 0) is 26.2 Å². The van der Waals surface area contributed by atoms with E-state index in [1.54, 1.807) is 0 Å². The fourth-order valence-electron chi connectivity index (χ4n) is 2.47. The van der Waals surface area contributed by atoms with E-state index in [9.17, 15) is 0 Å². The zero-order valence-electron chi connectivity index (χ0n) is 11.1. The van der Waals surface area contributed by atoms with Crippen LogP contribution in [0.3, 0.4) is 0 Å². The molecule has 4 heteroatoms. The molecule has 2 unspecified atom stereocenters. The van der Waals surface area contributed by atoms with Crippen molar-refractivity contribution < 1.29 is 4.74 Å². The summed E-state index contributed by atoms with van der Waals surface area (Å²) in [6.45, 7) is 6.11. The molecule has 0 spiro atoms. The number of nitrogens with zero attached hydrogens (tertiary/aromatic N) is 2. The van der Waals surface area contributed by atoms with Crippen LogP contribution in [0.2, 0.25) is 0 Å². The van der Waals surface area contributed by atoms with Crippen LogP contribution in [0, 0.1) is 0 Å². The second kappa shape index (κ2) is 5.65. The molecule has 2 rings (SSSR count). The van der Waals surface area contributed by atoms with E-state index in [-0.39, 0.29) is 0 Å². The first-order chi connectivity index (χ1) is 8.19. The van der Waals surface area contributed by atoms with Crippen LogP contribution in [0.5, 0.6) is 0 Å². The normalized spacial score (nSPS) is 25.1. The predicted octanol–water partition coefficient (Wildman–Crippen LogP) is 1.64. The quantitative estimate of drug-likeness (QED) is 0.865. The van der Waals surface area contributed by atoms with E-state index >= 15 is 0 Å². The lowest BCUT2D eigenvalue weighted by atomic mass is 10.0. The molecular weight excluding hydrogens is 214 g/mol. The summed E-state index contributed by atoms with van der Waals surface area (Å²) in [7, 11) is 1.99. The Morgan fingerprint density at radius 3 is 3.12 bits per heavy atom. The summed E-state index contributed by atoms with van der Waals surface area (Å²) in [6.07, 6.45) is 5.74. The maximum Gasteiger partial charge on any atom is 0.0666 e. The molecule has 0 radical (unpaired) electrons. The Bertz CT molecular complexity index is 362. The van der Waals surface area contributed by atoms with Gasteiger partial charge in [0.05, 0.1) is 11.8 Å². The minimum Gasteiger partial charge on any atom is -0.378 e. The summed E-state index contributed by atoms with van der Waals surface area (Å²) < 4.78 is 7.46. The average Bonchev–Trinajstić information content (AvgIpc) is 2.67. The van der Waals surface area contributed by atoms with Crippen LogP contribution >= 0.6 is 0 Å². The highest BCUT2D eigenvalue weighted by Crippen LogP contribution is 2.14. The number of aryl methyl sites for hydroxylation is 2. The van der Waals surface area contributed by atoms with Crippen LogP contribution in [0.15, 0.2) is 6.20 Å². The van der Waals surface area contributed by atoms with Crippen LogP contribution in [0.4, 0.5) is 0 Å². The number of rotatable bonds is 4. The molecule has 2 heterocycles. The van der Waals surface area contributed by atoms with Crippen LogP contribution in [-0.2, 0) is 24.8 Å². The second-order valence-corrected chi connectivity index (χ2v) is 4.91. The van der Waals surface area contributed by atoms with E-state index in [0.29, 0.717) is 12.1 Å². The minimum absolute atomic E-state index is 0.390. The average molecular weight is 237 g/mol. The molecule has 4 nitrogen and oxygen atoms in total. The smallest absolute Gasteiger partial charge is 0.0666 e. The van der Waals surface area contributed by atoms with Gasteiger partial charge in [0.15, 0.2) is 0 Å². The summed E-state index contributed by atoms with van der Waals surface area (Å²) in [4.78, 5) is 0. The Morgan fingerprint density at radius 2 is 2.41 bits per heavy atom. The fourth-order valence-corrected chi connectivity index (χ4v) is 2.47. The lowest BCUT2D eigenvalue weighted by Crippen LogP contribution is -2.37. The second-order valence-electron chi connectivity index (χ2n) is 4.91. The Balaban J connectivity index is 1.88. The maximum atomic E-state index is 5.55. The molecule has 0 saturated carbocycles. The number of hydrogen-bond acceptors (Lipinski definition) is 3. The van der Waals surface area contributed by atoms with Gasteiger partial charge in [0.2, 0.25) is 0 Å². The lowest BCUT2D eigenvalue weighted by Gasteiger charge is -2.28. The summed E-state index contributed by atoms with van der Waals surface area (Å²) in [5.74, 6) is 0. The van der Waals surface area contributed by atoms with Crippen molar-refractivity contribution in [3.05, 3.63) is 17.5 Å². The SMILES string of the molecule is CCc1nn(C)cc1CNC1CCOC(C)C1. The van der Waals surface area contributed by atoms with Gasteiger partial charge in [0.25, 0.3) is 0 Å². The number of hydrogen-bond donors (Lipinski definition) is 1. The molecule has 2 atom stereocenters. The molecule has 0 bridgehead atoms. The summed E-state index contributed by atoms with van der Waals surface area (Å²) in [5, 5.41) is 8.08. The van der Waals surface area contributed by atoms with Crippen LogP contribution in [0.25, 0.3) is 0 Å². The molecule has 1 aromatic heterocycles. The highest BCUT2D eigenvalue weighted by atomic mass is 16.5. The zero-order valence-corrected chi connectivity index (χ0v) is 11.1. The molecule has 1 aromatic rings. The van der Waals surface area contributed by atoms with Crippen molar-refractivity contribution in [2.45, 2.75) is 51.8 Å². The van der Waals surface area contributed by atoms with Crippen molar-refractivity contribution in [2.24, 2.45) is 7.05 Å². The predicted molar refractivity (Wildman–Crippen MR) is 67.9 cm³/mol. The van der Waals surface area contributed by atoms with E-state index in [2.05, 4.69) is 30.5 Å². The topological polar surface area (TPSA) is 39.1 Å². The Kier molecular flexibility index (Phi) is 4.18. The molecule has 0 amide bonds. The van der Waals surface area contributed by atoms with E-state index < -0.39 is 0 Å². The summed E-state index contributed by atoms with van der Waals surface area (Å²) in [5.41, 5.74) is 2.54. The van der Waals surface area contributed by atoms with Gasteiger partial charge in [-0.2, -0.15) is 5.10 Å². The fraction of sp³-hybridized carbons (Fsp3) is 0.769. The van der Waals surface area contributed by atoms with Gasteiger partial charge in [-0.1, -0.05) is 6.92 Å². The van der Waals surface area contributed by atoms with Gasteiger partial charge >= 0.3 is 0 Å². The van der Waals surface area contributed by atoms with Gasteiger partial charge in [-0.25, -0.2) is 0 Å². The Morgan fingerprint density at radius 1 is 1.59 bits per heavy atom. The molecule has 1 N–H and O–H groups in total. The molecule has 17 heavy (non-hydrogen) atoms. The molecule has 96 valence electrons. The summed E-state index contributed by atoms with van der Waals surface area (Å²) >= 11 is 0. The van der Waals surface area contributed by atoms with E-state index in [0.717, 1.165) is 32.4 Å². The number of aromatic nitrogens is 2. The van der Waals surface area contributed by atoms with Crippen molar-refractivity contribution >= 4 is 0 Å². The van der Waals surface area contributed by atoms with Gasteiger partial charge in [0.1, 0.15) is 0 Å². The lowest BCUT2D eigenvalue weighted by molar-refractivity contribution is 0.0130. The summed E-state index contributed by atoms with van der Waals surface area (Å²) in [6, 6.07) is 0.587. The molecule has 0 aliphatic carbocycles. The standard InChI is InChI=1S/C13H23N3O/c1-4-13-11(9-16(3)15-13)8-14-12-5-6-17-10(2)7-12/h9-10,12,14H,4-8H2,1-3H3. The molecule has 0 aromatic carbocycles. The van der Waals surface area contributed by atoms with Crippen molar-refractivity contribution in [3.63, 3.8) is 0 Å². The van der Waals surface area contributed by atoms with Gasteiger partial charge in [0, 0.05) is 38.0 Å². The van der Waals surface area contributed by atoms with E-state index in [1.165, 1.54) is 11.3 Å². The van der Waals surface area contributed by atoms with E-state index in [4.69, 9.17) is 4.74 Å². The molecular formula is C13H23N3O. The van der Waals surface area contributed by atoms with Crippen LogP contribution < -0.4 is 5.32 Å². The van der Waals surface area contributed by atoms with E-state index in [1.807, 2.05) is 11.7 Å². The van der Waals surface area contributed by atoms with Gasteiger partial charge in [-0.15, -0.1) is 0 Å². The van der Waals surface area contributed by atoms with Crippen molar-refractivity contribution in [1.82, 2.24) is 15.1 Å². The van der Waals surface area contributed by atoms with Gasteiger partial charge in [-0.3, -0.25) is 4.68 Å².